The van der Waals surface area contributed by atoms with Gasteiger partial charge in [0.1, 0.15) is 17.8 Å². The van der Waals surface area contributed by atoms with E-state index in [1.165, 1.54) is 5.57 Å². The number of carbonyl (C=O) groups excluding carboxylic acids is 1. The average Bonchev–Trinajstić information content (AvgIpc) is 3.17. The predicted molar refractivity (Wildman–Crippen MR) is 116 cm³/mol. The molecule has 3 aromatic heterocycles. The zero-order chi connectivity index (χ0) is 21.7. The summed E-state index contributed by atoms with van der Waals surface area (Å²) in [7, 11) is 0. The lowest BCUT2D eigenvalue weighted by Gasteiger charge is -2.18. The summed E-state index contributed by atoms with van der Waals surface area (Å²) in [6.45, 7) is 1.43. The second-order valence-electron chi connectivity index (χ2n) is 8.72. The zero-order valence-electron chi connectivity index (χ0n) is 17.3. The predicted octanol–water partition coefficient (Wildman–Crippen LogP) is 2.42. The fraction of sp³-hybridized carbons (Fsp3) is 0.409. The van der Waals surface area contributed by atoms with Crippen molar-refractivity contribution in [3.8, 4) is 6.07 Å². The molecule has 0 bridgehead atoms. The number of amides is 1. The molecule has 0 aromatic carbocycles. The number of fused-ring (bicyclic) bond motifs is 1. The van der Waals surface area contributed by atoms with Crippen molar-refractivity contribution in [2.45, 2.75) is 37.6 Å². The highest BCUT2D eigenvalue weighted by molar-refractivity contribution is 5.96. The van der Waals surface area contributed by atoms with Crippen LogP contribution in [0.3, 0.4) is 0 Å². The van der Waals surface area contributed by atoms with Gasteiger partial charge in [-0.25, -0.2) is 4.98 Å². The summed E-state index contributed by atoms with van der Waals surface area (Å²) in [4.78, 5) is 24.5. The lowest BCUT2D eigenvalue weighted by Crippen LogP contribution is -2.39. The van der Waals surface area contributed by atoms with E-state index in [0.717, 1.165) is 48.0 Å². The Balaban J connectivity index is 1.10. The van der Waals surface area contributed by atoms with Crippen molar-refractivity contribution in [2.75, 3.05) is 23.7 Å². The van der Waals surface area contributed by atoms with Gasteiger partial charge in [-0.15, -0.1) is 0 Å². The quantitative estimate of drug-likeness (QED) is 0.436. The minimum atomic E-state index is -0.377. The summed E-state index contributed by atoms with van der Waals surface area (Å²) >= 11 is 0. The van der Waals surface area contributed by atoms with E-state index in [-0.39, 0.29) is 18.0 Å². The first kappa shape index (κ1) is 19.0. The van der Waals surface area contributed by atoms with Crippen LogP contribution in [0.5, 0.6) is 0 Å². The molecule has 1 amide bonds. The molecule has 0 unspecified atom stereocenters. The largest absolute Gasteiger partial charge is 0.383 e. The van der Waals surface area contributed by atoms with E-state index in [1.807, 2.05) is 12.3 Å². The summed E-state index contributed by atoms with van der Waals surface area (Å²) in [6, 6.07) is 3.93. The zero-order valence-corrected chi connectivity index (χ0v) is 17.3. The van der Waals surface area contributed by atoms with Gasteiger partial charge >= 0.3 is 6.01 Å². The van der Waals surface area contributed by atoms with E-state index >= 15 is 0 Å². The number of nitriles is 1. The van der Waals surface area contributed by atoms with Crippen molar-refractivity contribution in [3.63, 3.8) is 0 Å². The van der Waals surface area contributed by atoms with Crippen molar-refractivity contribution in [2.24, 2.45) is 5.92 Å². The van der Waals surface area contributed by atoms with Crippen LogP contribution in [0.25, 0.3) is 11.0 Å². The number of pyridine rings is 1. The molecule has 3 aromatic rings. The number of aromatic nitrogens is 4. The van der Waals surface area contributed by atoms with Crippen molar-refractivity contribution < 1.29 is 9.32 Å². The van der Waals surface area contributed by atoms with Crippen LogP contribution < -0.4 is 16.0 Å². The normalized spacial score (nSPS) is 22.2. The molecule has 4 heterocycles. The fourth-order valence-corrected chi connectivity index (χ4v) is 4.76. The van der Waals surface area contributed by atoms with Crippen LogP contribution >= 0.6 is 0 Å². The van der Waals surface area contributed by atoms with E-state index in [0.29, 0.717) is 36.3 Å². The monoisotopic (exact) mass is 430 g/mol. The molecule has 2 atom stereocenters. The van der Waals surface area contributed by atoms with Crippen LogP contribution in [0.4, 0.5) is 11.7 Å². The van der Waals surface area contributed by atoms with Crippen molar-refractivity contribution in [1.82, 2.24) is 25.4 Å². The Morgan fingerprint density at radius 3 is 3.09 bits per heavy atom. The van der Waals surface area contributed by atoms with E-state index in [9.17, 15) is 10.1 Å². The Bertz CT molecular complexity index is 1280. The third-order valence-corrected chi connectivity index (χ3v) is 6.52. The van der Waals surface area contributed by atoms with Crippen molar-refractivity contribution in [1.29, 1.82) is 5.26 Å². The Morgan fingerprint density at radius 1 is 1.34 bits per heavy atom. The standard InChI is InChI=1S/C22H22N8O2/c23-7-14-10-27-20-15(3-4-24-20)17(14)25-8-11-5-13-9-26-18(16(13)6-11)21(31)29-22-28-19(30-32-22)12-1-2-12/h3-4,10-12,18,26H,1-2,5-6,8-9H2,(H2,24,25,27)(H,28,29,30,31)/t11-,18-/m0/s1. The summed E-state index contributed by atoms with van der Waals surface area (Å²) in [6.07, 6.45) is 7.32. The molecule has 3 aliphatic rings. The van der Waals surface area contributed by atoms with Crippen LogP contribution in [0, 0.1) is 17.2 Å². The van der Waals surface area contributed by atoms with Crippen LogP contribution in [0.1, 0.15) is 43.0 Å². The Hall–Kier alpha value is -3.71. The molecule has 1 aliphatic heterocycles. The first-order valence-corrected chi connectivity index (χ1v) is 10.9. The highest BCUT2D eigenvalue weighted by atomic mass is 16.5. The molecular formula is C22H22N8O2. The fourth-order valence-electron chi connectivity index (χ4n) is 4.76. The first-order chi connectivity index (χ1) is 15.7. The van der Waals surface area contributed by atoms with E-state index < -0.39 is 0 Å². The van der Waals surface area contributed by atoms with Gasteiger partial charge in [0, 0.05) is 36.8 Å². The van der Waals surface area contributed by atoms with Gasteiger partial charge in [-0.3, -0.25) is 15.4 Å². The lowest BCUT2D eigenvalue weighted by atomic mass is 10.0. The molecule has 4 N–H and O–H groups in total. The lowest BCUT2D eigenvalue weighted by molar-refractivity contribution is -0.117. The van der Waals surface area contributed by atoms with Crippen LogP contribution in [0.15, 0.2) is 34.1 Å². The van der Waals surface area contributed by atoms with E-state index in [1.54, 1.807) is 6.20 Å². The molecule has 1 saturated carbocycles. The second kappa shape index (κ2) is 7.46. The first-order valence-electron chi connectivity index (χ1n) is 10.9. The molecule has 32 heavy (non-hydrogen) atoms. The second-order valence-corrected chi connectivity index (χ2v) is 8.72. The minimum absolute atomic E-state index is 0.162. The summed E-state index contributed by atoms with van der Waals surface area (Å²) in [5, 5.41) is 23.9. The van der Waals surface area contributed by atoms with Crippen molar-refractivity contribution in [3.05, 3.63) is 41.0 Å². The number of hydrogen-bond acceptors (Lipinski definition) is 8. The molecule has 0 saturated heterocycles. The SMILES string of the molecule is N#Cc1cnc2[nH]ccc2c1NC[C@H]1CC2=C(C1)[C@@H](C(=O)Nc1nc(C3CC3)no1)NC2. The molecule has 2 aliphatic carbocycles. The molecule has 6 rings (SSSR count). The van der Waals surface area contributed by atoms with Gasteiger partial charge in [0.25, 0.3) is 0 Å². The minimum Gasteiger partial charge on any atom is -0.383 e. The molecule has 10 heteroatoms. The van der Waals surface area contributed by atoms with Gasteiger partial charge in [-0.1, -0.05) is 10.7 Å². The Kier molecular flexibility index (Phi) is 4.43. The summed E-state index contributed by atoms with van der Waals surface area (Å²) < 4.78 is 5.19. The summed E-state index contributed by atoms with van der Waals surface area (Å²) in [5.74, 6) is 1.25. The van der Waals surface area contributed by atoms with E-state index in [2.05, 4.69) is 42.1 Å². The average molecular weight is 430 g/mol. The highest BCUT2D eigenvalue weighted by Gasteiger charge is 2.38. The maximum Gasteiger partial charge on any atom is 0.328 e. The van der Waals surface area contributed by atoms with E-state index in [4.69, 9.17) is 4.52 Å². The molecular weight excluding hydrogens is 408 g/mol. The van der Waals surface area contributed by atoms with Crippen molar-refractivity contribution >= 4 is 28.6 Å². The number of anilines is 2. The number of nitrogens with zero attached hydrogens (tertiary/aromatic N) is 4. The van der Waals surface area contributed by atoms with Crippen LogP contribution in [-0.4, -0.2) is 45.1 Å². The molecule has 10 nitrogen and oxygen atoms in total. The maximum atomic E-state index is 12.8. The Labute approximate surface area is 183 Å². The molecule has 162 valence electrons. The molecule has 0 radical (unpaired) electrons. The van der Waals surface area contributed by atoms with Crippen LogP contribution in [0.2, 0.25) is 0 Å². The number of nitrogens with one attached hydrogen (secondary N) is 4. The van der Waals surface area contributed by atoms with Gasteiger partial charge in [0.05, 0.1) is 11.3 Å². The smallest absolute Gasteiger partial charge is 0.328 e. The van der Waals surface area contributed by atoms with Gasteiger partial charge in [0.2, 0.25) is 5.91 Å². The maximum absolute atomic E-state index is 12.8. The third kappa shape index (κ3) is 3.31. The summed E-state index contributed by atoms with van der Waals surface area (Å²) in [5.41, 5.74) is 4.53. The number of carbonyl (C=O) groups is 1. The Morgan fingerprint density at radius 2 is 2.25 bits per heavy atom. The van der Waals surface area contributed by atoms with Gasteiger partial charge < -0.3 is 14.8 Å². The number of H-pyrrole nitrogens is 1. The number of hydrogen-bond donors (Lipinski definition) is 4. The molecule has 0 spiro atoms. The van der Waals surface area contributed by atoms with Gasteiger partial charge in [0.15, 0.2) is 5.82 Å². The van der Waals surface area contributed by atoms with Crippen LogP contribution in [-0.2, 0) is 4.79 Å². The topological polar surface area (TPSA) is 145 Å². The molecule has 1 fully saturated rings. The third-order valence-electron chi connectivity index (χ3n) is 6.52. The van der Waals surface area contributed by atoms with Gasteiger partial charge in [-0.2, -0.15) is 10.2 Å². The number of aromatic amines is 1. The number of rotatable bonds is 6. The van der Waals surface area contributed by atoms with Gasteiger partial charge in [-0.05, 0) is 43.2 Å². The highest BCUT2D eigenvalue weighted by Crippen LogP contribution is 2.39.